The van der Waals surface area contributed by atoms with Crippen molar-refractivity contribution in [1.82, 2.24) is 14.7 Å². The second-order valence-electron chi connectivity index (χ2n) is 7.29. The van der Waals surface area contributed by atoms with E-state index in [0.717, 1.165) is 43.3 Å². The molecule has 1 aliphatic heterocycles. The van der Waals surface area contributed by atoms with Crippen molar-refractivity contribution in [3.63, 3.8) is 0 Å². The first-order valence-electron chi connectivity index (χ1n) is 10.1. The zero-order valence-electron chi connectivity index (χ0n) is 17.0. The van der Waals surface area contributed by atoms with Crippen LogP contribution in [0.1, 0.15) is 37.9 Å². The summed E-state index contributed by atoms with van der Waals surface area (Å²) in [5, 5.41) is 0.734. The van der Waals surface area contributed by atoms with Crippen LogP contribution in [0.4, 0.5) is 0 Å². The third kappa shape index (κ3) is 4.57. The highest BCUT2D eigenvalue weighted by Crippen LogP contribution is 2.30. The fourth-order valence-corrected chi connectivity index (χ4v) is 4.22. The van der Waals surface area contributed by atoms with E-state index >= 15 is 0 Å². The minimum Gasteiger partial charge on any atom is -0.324 e. The monoisotopic (exact) mass is 399 g/mol. The Morgan fingerprint density at radius 1 is 1.04 bits per heavy atom. The van der Waals surface area contributed by atoms with Crippen LogP contribution in [-0.4, -0.2) is 53.0 Å². The van der Waals surface area contributed by atoms with Crippen LogP contribution in [0, 0.1) is 0 Å². The molecule has 0 spiro atoms. The predicted molar refractivity (Wildman–Crippen MR) is 115 cm³/mol. The molecule has 1 amide bonds. The number of carbonyl (C=O) groups excluding carboxylic acids is 1. The van der Waals surface area contributed by atoms with Gasteiger partial charge in [0.1, 0.15) is 6.04 Å². The van der Waals surface area contributed by atoms with Crippen LogP contribution < -0.4 is 0 Å². The molecule has 150 valence electrons. The first-order valence-corrected chi connectivity index (χ1v) is 10.5. The van der Waals surface area contributed by atoms with E-state index in [2.05, 4.69) is 42.7 Å². The summed E-state index contributed by atoms with van der Waals surface area (Å²) in [4.78, 5) is 20.3. The molecule has 5 heteroatoms. The lowest BCUT2D eigenvalue weighted by atomic mass is 10.00. The van der Waals surface area contributed by atoms with Crippen molar-refractivity contribution in [1.29, 1.82) is 0 Å². The molecule has 1 aliphatic rings. The maximum absolute atomic E-state index is 13.6. The molecule has 28 heavy (non-hydrogen) atoms. The number of nitrogens with zero attached hydrogens (tertiary/aromatic N) is 3. The molecule has 0 aliphatic carbocycles. The lowest BCUT2D eigenvalue weighted by molar-refractivity contribution is -0.149. The highest BCUT2D eigenvalue weighted by atomic mass is 35.5. The van der Waals surface area contributed by atoms with Crippen LogP contribution in [0.3, 0.4) is 0 Å². The van der Waals surface area contributed by atoms with Crippen molar-refractivity contribution >= 4 is 17.5 Å². The zero-order chi connectivity index (χ0) is 20.1. The molecule has 0 radical (unpaired) electrons. The molecule has 3 rings (SSSR count). The van der Waals surface area contributed by atoms with Gasteiger partial charge in [0.05, 0.1) is 6.17 Å². The SMILES string of the molecule is CCN(CC)C(C)N1CCN(Cc2ccc(Cl)cc2)C(c2ccccc2)C1=O. The van der Waals surface area contributed by atoms with Gasteiger partial charge in [-0.25, -0.2) is 0 Å². The van der Waals surface area contributed by atoms with Crippen LogP contribution in [-0.2, 0) is 11.3 Å². The number of carbonyl (C=O) groups is 1. The quantitative estimate of drug-likeness (QED) is 0.689. The molecule has 0 aromatic heterocycles. The summed E-state index contributed by atoms with van der Waals surface area (Å²) in [6, 6.07) is 17.8. The summed E-state index contributed by atoms with van der Waals surface area (Å²) in [5.74, 6) is 0.186. The molecule has 1 heterocycles. The van der Waals surface area contributed by atoms with Crippen molar-refractivity contribution in [2.45, 2.75) is 39.5 Å². The van der Waals surface area contributed by atoms with Crippen molar-refractivity contribution < 1.29 is 4.79 Å². The van der Waals surface area contributed by atoms with E-state index in [-0.39, 0.29) is 18.1 Å². The molecule has 0 N–H and O–H groups in total. The van der Waals surface area contributed by atoms with Gasteiger partial charge in [0.25, 0.3) is 0 Å². The lowest BCUT2D eigenvalue weighted by Gasteiger charge is -2.45. The number of rotatable bonds is 7. The van der Waals surface area contributed by atoms with Crippen molar-refractivity contribution in [3.8, 4) is 0 Å². The van der Waals surface area contributed by atoms with Gasteiger partial charge < -0.3 is 4.90 Å². The Bertz CT molecular complexity index is 761. The van der Waals surface area contributed by atoms with Crippen molar-refractivity contribution in [3.05, 3.63) is 70.7 Å². The Kier molecular flexibility index (Phi) is 7.11. The van der Waals surface area contributed by atoms with Gasteiger partial charge in [0, 0.05) is 24.7 Å². The molecule has 1 fully saturated rings. The Balaban J connectivity index is 1.87. The average Bonchev–Trinajstić information content (AvgIpc) is 2.71. The van der Waals surface area contributed by atoms with Crippen LogP contribution in [0.5, 0.6) is 0 Å². The molecule has 1 saturated heterocycles. The van der Waals surface area contributed by atoms with Crippen molar-refractivity contribution in [2.24, 2.45) is 0 Å². The Hall–Kier alpha value is -1.88. The van der Waals surface area contributed by atoms with Crippen LogP contribution in [0.2, 0.25) is 5.02 Å². The summed E-state index contributed by atoms with van der Waals surface area (Å²) in [5.41, 5.74) is 2.22. The first-order chi connectivity index (χ1) is 13.5. The molecular formula is C23H30ClN3O. The Labute approximate surface area is 173 Å². The number of hydrogen-bond donors (Lipinski definition) is 0. The summed E-state index contributed by atoms with van der Waals surface area (Å²) < 4.78 is 0. The van der Waals surface area contributed by atoms with E-state index in [1.54, 1.807) is 0 Å². The molecule has 2 atom stereocenters. The smallest absolute Gasteiger partial charge is 0.245 e. The van der Waals surface area contributed by atoms with Gasteiger partial charge >= 0.3 is 0 Å². The summed E-state index contributed by atoms with van der Waals surface area (Å²) in [7, 11) is 0. The Morgan fingerprint density at radius 3 is 2.29 bits per heavy atom. The average molecular weight is 400 g/mol. The first kappa shape index (κ1) is 20.8. The second kappa shape index (κ2) is 9.55. The number of halogens is 1. The van der Waals surface area contributed by atoms with Crippen molar-refractivity contribution in [2.75, 3.05) is 26.2 Å². The van der Waals surface area contributed by atoms with Gasteiger partial charge in [-0.1, -0.05) is 67.9 Å². The second-order valence-corrected chi connectivity index (χ2v) is 7.73. The lowest BCUT2D eigenvalue weighted by Crippen LogP contribution is -2.58. The molecular weight excluding hydrogens is 370 g/mol. The third-order valence-electron chi connectivity index (χ3n) is 5.72. The molecule has 0 saturated carbocycles. The summed E-state index contributed by atoms with van der Waals surface area (Å²) >= 11 is 6.03. The van der Waals surface area contributed by atoms with E-state index in [4.69, 9.17) is 11.6 Å². The van der Waals surface area contributed by atoms with Gasteiger partial charge in [-0.3, -0.25) is 14.6 Å². The molecule has 0 bridgehead atoms. The van der Waals surface area contributed by atoms with Gasteiger partial charge in [0.2, 0.25) is 5.91 Å². The highest BCUT2D eigenvalue weighted by Gasteiger charge is 2.38. The number of amides is 1. The summed E-state index contributed by atoms with van der Waals surface area (Å²) in [6.45, 7) is 10.6. The van der Waals surface area contributed by atoms with E-state index in [9.17, 15) is 4.79 Å². The van der Waals surface area contributed by atoms with E-state index in [0.29, 0.717) is 0 Å². The number of hydrogen-bond acceptors (Lipinski definition) is 3. The normalized spacial score (nSPS) is 19.2. The zero-order valence-corrected chi connectivity index (χ0v) is 17.8. The van der Waals surface area contributed by atoms with Gasteiger partial charge in [0.15, 0.2) is 0 Å². The largest absolute Gasteiger partial charge is 0.324 e. The van der Waals surface area contributed by atoms with Gasteiger partial charge in [-0.15, -0.1) is 0 Å². The number of benzene rings is 2. The highest BCUT2D eigenvalue weighted by molar-refractivity contribution is 6.30. The van der Waals surface area contributed by atoms with Crippen LogP contribution >= 0.6 is 11.6 Å². The fraction of sp³-hybridized carbons (Fsp3) is 0.435. The Morgan fingerprint density at radius 2 is 1.68 bits per heavy atom. The predicted octanol–water partition coefficient (Wildman–Crippen LogP) is 4.41. The van der Waals surface area contributed by atoms with E-state index in [1.165, 1.54) is 5.56 Å². The molecule has 4 nitrogen and oxygen atoms in total. The maximum atomic E-state index is 13.6. The molecule has 2 aromatic carbocycles. The van der Waals surface area contributed by atoms with Crippen LogP contribution in [0.15, 0.2) is 54.6 Å². The summed E-state index contributed by atoms with van der Waals surface area (Å²) in [6.07, 6.45) is 0.103. The van der Waals surface area contributed by atoms with Crippen LogP contribution in [0.25, 0.3) is 0 Å². The number of piperazine rings is 1. The van der Waals surface area contributed by atoms with E-state index < -0.39 is 0 Å². The standard InChI is InChI=1S/C23H30ClN3O/c1-4-25(5-2)18(3)27-16-15-26(17-19-11-13-21(24)14-12-19)22(23(27)28)20-9-7-6-8-10-20/h6-14,18,22H,4-5,15-17H2,1-3H3. The van der Waals surface area contributed by atoms with Gasteiger partial charge in [-0.2, -0.15) is 0 Å². The van der Waals surface area contributed by atoms with E-state index in [1.807, 2.05) is 47.4 Å². The topological polar surface area (TPSA) is 26.8 Å². The van der Waals surface area contributed by atoms with Gasteiger partial charge in [-0.05, 0) is 43.3 Å². The fourth-order valence-electron chi connectivity index (χ4n) is 4.09. The minimum atomic E-state index is -0.261. The molecule has 2 unspecified atom stereocenters. The minimum absolute atomic E-state index is 0.103. The maximum Gasteiger partial charge on any atom is 0.245 e. The molecule has 2 aromatic rings. The third-order valence-corrected chi connectivity index (χ3v) is 5.97.